The molecular formula is C9H16O3. The van der Waals surface area contributed by atoms with Crippen LogP contribution in [0.2, 0.25) is 0 Å². The van der Waals surface area contributed by atoms with Crippen LogP contribution in [0.25, 0.3) is 0 Å². The molecule has 70 valence electrons. The highest BCUT2D eigenvalue weighted by atomic mass is 16.5. The van der Waals surface area contributed by atoms with Crippen LogP contribution < -0.4 is 0 Å². The largest absolute Gasteiger partial charge is 0.469 e. The van der Waals surface area contributed by atoms with Crippen LogP contribution in [0.1, 0.15) is 26.7 Å². The van der Waals surface area contributed by atoms with Gasteiger partial charge in [0.05, 0.1) is 13.5 Å². The highest BCUT2D eigenvalue weighted by Gasteiger charge is 2.14. The van der Waals surface area contributed by atoms with Gasteiger partial charge in [0.25, 0.3) is 0 Å². The smallest absolute Gasteiger partial charge is 0.306 e. The number of esters is 1. The third-order valence-corrected chi connectivity index (χ3v) is 1.62. The Labute approximate surface area is 73.1 Å². The van der Waals surface area contributed by atoms with Crippen LogP contribution in [-0.2, 0) is 14.3 Å². The van der Waals surface area contributed by atoms with Gasteiger partial charge >= 0.3 is 5.97 Å². The monoisotopic (exact) mass is 172 g/mol. The van der Waals surface area contributed by atoms with Gasteiger partial charge in [0.15, 0.2) is 0 Å². The zero-order valence-corrected chi connectivity index (χ0v) is 7.87. The summed E-state index contributed by atoms with van der Waals surface area (Å²) >= 11 is 0. The SMILES string of the molecule is COC(=O)CC(C=O)CC(C)C. The molecule has 0 saturated heterocycles. The second kappa shape index (κ2) is 5.75. The standard InChI is InChI=1S/C9H16O3/c1-7(2)4-8(6-10)5-9(11)12-3/h6-8H,4-5H2,1-3H3. The van der Waals surface area contributed by atoms with Crippen LogP contribution in [0, 0.1) is 11.8 Å². The van der Waals surface area contributed by atoms with E-state index in [4.69, 9.17) is 0 Å². The van der Waals surface area contributed by atoms with E-state index in [2.05, 4.69) is 4.74 Å². The van der Waals surface area contributed by atoms with E-state index in [0.717, 1.165) is 12.7 Å². The summed E-state index contributed by atoms with van der Waals surface area (Å²) in [6.07, 6.45) is 1.79. The van der Waals surface area contributed by atoms with Crippen LogP contribution in [0.4, 0.5) is 0 Å². The zero-order chi connectivity index (χ0) is 9.56. The topological polar surface area (TPSA) is 43.4 Å². The molecular weight excluding hydrogens is 156 g/mol. The first-order chi connectivity index (χ1) is 5.60. The Morgan fingerprint density at radius 3 is 2.42 bits per heavy atom. The summed E-state index contributed by atoms with van der Waals surface area (Å²) in [4.78, 5) is 21.3. The molecule has 0 saturated carbocycles. The van der Waals surface area contributed by atoms with Gasteiger partial charge < -0.3 is 9.53 Å². The summed E-state index contributed by atoms with van der Waals surface area (Å²) in [7, 11) is 1.33. The molecule has 1 atom stereocenters. The second-order valence-electron chi connectivity index (χ2n) is 3.31. The first-order valence-electron chi connectivity index (χ1n) is 4.12. The first-order valence-corrected chi connectivity index (χ1v) is 4.12. The fourth-order valence-corrected chi connectivity index (χ4v) is 1.09. The van der Waals surface area contributed by atoms with Gasteiger partial charge in [-0.1, -0.05) is 13.8 Å². The van der Waals surface area contributed by atoms with Gasteiger partial charge in [0.2, 0.25) is 0 Å². The fraction of sp³-hybridized carbons (Fsp3) is 0.778. The molecule has 0 spiro atoms. The molecule has 0 radical (unpaired) electrons. The van der Waals surface area contributed by atoms with E-state index in [9.17, 15) is 9.59 Å². The Bertz CT molecular complexity index is 152. The number of aldehydes is 1. The minimum Gasteiger partial charge on any atom is -0.469 e. The van der Waals surface area contributed by atoms with Gasteiger partial charge in [-0.05, 0) is 12.3 Å². The summed E-state index contributed by atoms with van der Waals surface area (Å²) in [6.45, 7) is 4.04. The Morgan fingerprint density at radius 1 is 1.50 bits per heavy atom. The lowest BCUT2D eigenvalue weighted by Gasteiger charge is -2.10. The zero-order valence-electron chi connectivity index (χ0n) is 7.87. The molecule has 0 aromatic heterocycles. The number of carbonyl (C=O) groups is 2. The van der Waals surface area contributed by atoms with Gasteiger partial charge in [0.1, 0.15) is 6.29 Å². The Hall–Kier alpha value is -0.860. The van der Waals surface area contributed by atoms with E-state index in [1.807, 2.05) is 13.8 Å². The number of methoxy groups -OCH3 is 1. The normalized spacial score (nSPS) is 12.7. The first kappa shape index (κ1) is 11.1. The molecule has 12 heavy (non-hydrogen) atoms. The van der Waals surface area contributed by atoms with E-state index in [0.29, 0.717) is 5.92 Å². The van der Waals surface area contributed by atoms with Crippen molar-refractivity contribution in [3.8, 4) is 0 Å². The summed E-state index contributed by atoms with van der Waals surface area (Å²) in [5.41, 5.74) is 0. The van der Waals surface area contributed by atoms with Crippen LogP contribution >= 0.6 is 0 Å². The van der Waals surface area contributed by atoms with Crippen molar-refractivity contribution in [1.29, 1.82) is 0 Å². The van der Waals surface area contributed by atoms with Crippen LogP contribution in [0.3, 0.4) is 0 Å². The molecule has 0 fully saturated rings. The molecule has 0 aliphatic carbocycles. The molecule has 0 rings (SSSR count). The van der Waals surface area contributed by atoms with Crippen LogP contribution in [0.15, 0.2) is 0 Å². The molecule has 3 nitrogen and oxygen atoms in total. The predicted octanol–water partition coefficient (Wildman–Crippen LogP) is 1.41. The maximum atomic E-state index is 10.8. The van der Waals surface area contributed by atoms with Gasteiger partial charge in [-0.2, -0.15) is 0 Å². The molecule has 3 heteroatoms. The molecule has 0 N–H and O–H groups in total. The van der Waals surface area contributed by atoms with Gasteiger partial charge in [-0.15, -0.1) is 0 Å². The molecule has 0 heterocycles. The summed E-state index contributed by atoms with van der Waals surface area (Å²) in [6, 6.07) is 0. The van der Waals surface area contributed by atoms with Crippen LogP contribution in [-0.4, -0.2) is 19.4 Å². The van der Waals surface area contributed by atoms with Crippen molar-refractivity contribution in [2.24, 2.45) is 11.8 Å². The van der Waals surface area contributed by atoms with Crippen molar-refractivity contribution in [2.75, 3.05) is 7.11 Å². The lowest BCUT2D eigenvalue weighted by Crippen LogP contribution is -2.13. The number of hydrogen-bond donors (Lipinski definition) is 0. The average molecular weight is 172 g/mol. The Morgan fingerprint density at radius 2 is 2.08 bits per heavy atom. The predicted molar refractivity (Wildman–Crippen MR) is 45.6 cm³/mol. The summed E-state index contributed by atoms with van der Waals surface area (Å²) in [5, 5.41) is 0. The van der Waals surface area contributed by atoms with Crippen LogP contribution in [0.5, 0.6) is 0 Å². The Kier molecular flexibility index (Phi) is 5.34. The van der Waals surface area contributed by atoms with E-state index < -0.39 is 0 Å². The maximum absolute atomic E-state index is 10.8. The van der Waals surface area contributed by atoms with Crippen molar-refractivity contribution in [1.82, 2.24) is 0 Å². The van der Waals surface area contributed by atoms with E-state index in [1.165, 1.54) is 7.11 Å². The molecule has 0 aromatic carbocycles. The maximum Gasteiger partial charge on any atom is 0.306 e. The van der Waals surface area contributed by atoms with Gasteiger partial charge in [-0.3, -0.25) is 4.79 Å². The van der Waals surface area contributed by atoms with Crippen molar-refractivity contribution >= 4 is 12.3 Å². The minimum absolute atomic E-state index is 0.183. The lowest BCUT2D eigenvalue weighted by molar-refractivity contribution is -0.142. The minimum atomic E-state index is -0.312. The van der Waals surface area contributed by atoms with Crippen molar-refractivity contribution in [3.63, 3.8) is 0 Å². The number of carbonyl (C=O) groups excluding carboxylic acids is 2. The molecule has 1 unspecified atom stereocenters. The fourth-order valence-electron chi connectivity index (χ4n) is 1.09. The van der Waals surface area contributed by atoms with Crippen molar-refractivity contribution in [3.05, 3.63) is 0 Å². The molecule has 0 bridgehead atoms. The lowest BCUT2D eigenvalue weighted by atomic mass is 9.96. The third-order valence-electron chi connectivity index (χ3n) is 1.62. The number of hydrogen-bond acceptors (Lipinski definition) is 3. The second-order valence-corrected chi connectivity index (χ2v) is 3.31. The van der Waals surface area contributed by atoms with E-state index in [1.54, 1.807) is 0 Å². The summed E-state index contributed by atoms with van der Waals surface area (Å²) < 4.78 is 4.47. The average Bonchev–Trinajstić information content (AvgIpc) is 2.02. The quantitative estimate of drug-likeness (QED) is 0.465. The Balaban J connectivity index is 3.82. The highest BCUT2D eigenvalue weighted by molar-refractivity contribution is 5.73. The van der Waals surface area contributed by atoms with Gasteiger partial charge in [0, 0.05) is 5.92 Å². The molecule has 0 aliphatic rings. The number of rotatable bonds is 5. The molecule has 0 amide bonds. The molecule has 0 aromatic rings. The van der Waals surface area contributed by atoms with Crippen molar-refractivity contribution in [2.45, 2.75) is 26.7 Å². The molecule has 0 aliphatic heterocycles. The van der Waals surface area contributed by atoms with Crippen molar-refractivity contribution < 1.29 is 14.3 Å². The number of ether oxygens (including phenoxy) is 1. The van der Waals surface area contributed by atoms with Gasteiger partial charge in [-0.25, -0.2) is 0 Å². The highest BCUT2D eigenvalue weighted by Crippen LogP contribution is 2.13. The van der Waals surface area contributed by atoms with E-state index >= 15 is 0 Å². The van der Waals surface area contributed by atoms with E-state index in [-0.39, 0.29) is 18.3 Å². The third kappa shape index (κ3) is 4.88. The summed E-state index contributed by atoms with van der Waals surface area (Å²) in [5.74, 6) is -0.0601.